The van der Waals surface area contributed by atoms with Crippen molar-refractivity contribution < 1.29 is 17.9 Å². The zero-order valence-electron chi connectivity index (χ0n) is 15.1. The molecule has 0 saturated carbocycles. The molecule has 0 aliphatic heterocycles. The summed E-state index contributed by atoms with van der Waals surface area (Å²) in [5.74, 6) is 0.220. The fraction of sp³-hybridized carbons (Fsp3) is 0.217. The lowest BCUT2D eigenvalue weighted by atomic mass is 9.99. The molecule has 0 atom stereocenters. The standard InChI is InChI=1S/C23H21F3O/c1-2-3-4-5-17-6-8-18(9-7-17)19-10-11-21-15-22(13-12-20(21)14-19)27-16-23(24,25)26/h2-3,6-15H,4-5,16H2,1H3/b3-2+. The van der Waals surface area contributed by atoms with Crippen LogP contribution in [0.5, 0.6) is 5.75 Å². The van der Waals surface area contributed by atoms with Crippen molar-refractivity contribution in [2.24, 2.45) is 0 Å². The fourth-order valence-corrected chi connectivity index (χ4v) is 2.94. The van der Waals surface area contributed by atoms with Crippen LogP contribution >= 0.6 is 0 Å². The molecule has 0 aliphatic rings. The number of benzene rings is 3. The van der Waals surface area contributed by atoms with E-state index in [0.29, 0.717) is 0 Å². The predicted molar refractivity (Wildman–Crippen MR) is 104 cm³/mol. The second-order valence-electron chi connectivity index (χ2n) is 6.43. The number of ether oxygens (including phenoxy) is 1. The molecule has 0 aliphatic carbocycles. The van der Waals surface area contributed by atoms with Crippen LogP contribution in [0.25, 0.3) is 21.9 Å². The third-order valence-corrected chi connectivity index (χ3v) is 4.34. The van der Waals surface area contributed by atoms with Crippen molar-refractivity contribution in [3.63, 3.8) is 0 Å². The van der Waals surface area contributed by atoms with Gasteiger partial charge in [0.15, 0.2) is 6.61 Å². The van der Waals surface area contributed by atoms with Crippen LogP contribution in [0.3, 0.4) is 0 Å². The first-order chi connectivity index (χ1) is 12.9. The molecule has 3 aromatic carbocycles. The topological polar surface area (TPSA) is 9.23 Å². The lowest BCUT2D eigenvalue weighted by Crippen LogP contribution is -2.19. The Morgan fingerprint density at radius 1 is 0.852 bits per heavy atom. The second kappa shape index (κ2) is 8.30. The van der Waals surface area contributed by atoms with Crippen molar-refractivity contribution in [1.82, 2.24) is 0 Å². The van der Waals surface area contributed by atoms with E-state index in [4.69, 9.17) is 4.74 Å². The molecule has 0 heterocycles. The Morgan fingerprint density at radius 3 is 2.22 bits per heavy atom. The normalized spacial score (nSPS) is 12.0. The molecule has 0 radical (unpaired) electrons. The number of fused-ring (bicyclic) bond motifs is 1. The summed E-state index contributed by atoms with van der Waals surface area (Å²) in [5, 5.41) is 1.81. The Hall–Kier alpha value is -2.75. The largest absolute Gasteiger partial charge is 0.484 e. The molecule has 3 aromatic rings. The van der Waals surface area contributed by atoms with Gasteiger partial charge in [-0.1, -0.05) is 54.6 Å². The van der Waals surface area contributed by atoms with Crippen LogP contribution in [0.4, 0.5) is 13.2 Å². The molecule has 0 spiro atoms. The van der Waals surface area contributed by atoms with Gasteiger partial charge in [-0.25, -0.2) is 0 Å². The Kier molecular flexibility index (Phi) is 5.84. The first kappa shape index (κ1) is 19.0. The lowest BCUT2D eigenvalue weighted by molar-refractivity contribution is -0.153. The van der Waals surface area contributed by atoms with Crippen molar-refractivity contribution in [1.29, 1.82) is 0 Å². The van der Waals surface area contributed by atoms with Crippen LogP contribution in [0.2, 0.25) is 0 Å². The molecular weight excluding hydrogens is 349 g/mol. The van der Waals surface area contributed by atoms with Gasteiger partial charge in [0, 0.05) is 0 Å². The highest BCUT2D eigenvalue weighted by atomic mass is 19.4. The van der Waals surface area contributed by atoms with E-state index in [2.05, 4.69) is 36.4 Å². The van der Waals surface area contributed by atoms with Gasteiger partial charge in [-0.3, -0.25) is 0 Å². The zero-order valence-corrected chi connectivity index (χ0v) is 15.1. The maximum absolute atomic E-state index is 12.3. The summed E-state index contributed by atoms with van der Waals surface area (Å²) in [6, 6.07) is 19.4. The van der Waals surface area contributed by atoms with Gasteiger partial charge < -0.3 is 4.74 Å². The molecule has 0 fully saturated rings. The first-order valence-electron chi connectivity index (χ1n) is 8.88. The minimum absolute atomic E-state index is 0.220. The molecule has 1 nitrogen and oxygen atoms in total. The number of aryl methyl sites for hydroxylation is 1. The minimum atomic E-state index is -4.34. The molecule has 27 heavy (non-hydrogen) atoms. The highest BCUT2D eigenvalue weighted by molar-refractivity contribution is 5.88. The summed E-state index contributed by atoms with van der Waals surface area (Å²) in [4.78, 5) is 0. The van der Waals surface area contributed by atoms with Crippen molar-refractivity contribution in [3.8, 4) is 16.9 Å². The monoisotopic (exact) mass is 370 g/mol. The molecule has 0 unspecified atom stereocenters. The Bertz CT molecular complexity index is 925. The number of hydrogen-bond acceptors (Lipinski definition) is 1. The summed E-state index contributed by atoms with van der Waals surface area (Å²) in [6.07, 6.45) is 1.93. The van der Waals surface area contributed by atoms with Gasteiger partial charge in [0.05, 0.1) is 0 Å². The van der Waals surface area contributed by atoms with Gasteiger partial charge in [-0.15, -0.1) is 0 Å². The summed E-state index contributed by atoms with van der Waals surface area (Å²) in [5.41, 5.74) is 3.49. The van der Waals surface area contributed by atoms with E-state index in [0.717, 1.165) is 34.7 Å². The van der Waals surface area contributed by atoms with Crippen LogP contribution in [-0.2, 0) is 6.42 Å². The Labute approximate surface area is 157 Å². The molecule has 3 rings (SSSR count). The SMILES string of the molecule is C/C=C/CCc1ccc(-c2ccc3cc(OCC(F)(F)F)ccc3c2)cc1. The van der Waals surface area contributed by atoms with Crippen LogP contribution in [0.1, 0.15) is 18.9 Å². The molecule has 0 N–H and O–H groups in total. The lowest BCUT2D eigenvalue weighted by Gasteiger charge is -2.10. The van der Waals surface area contributed by atoms with Crippen molar-refractivity contribution >= 4 is 10.8 Å². The van der Waals surface area contributed by atoms with Crippen molar-refractivity contribution in [2.45, 2.75) is 25.9 Å². The van der Waals surface area contributed by atoms with Gasteiger partial charge in [-0.05, 0) is 65.4 Å². The molecule has 140 valence electrons. The van der Waals surface area contributed by atoms with E-state index in [-0.39, 0.29) is 5.75 Å². The van der Waals surface area contributed by atoms with Crippen molar-refractivity contribution in [2.75, 3.05) is 6.61 Å². The summed E-state index contributed by atoms with van der Waals surface area (Å²) in [7, 11) is 0. The minimum Gasteiger partial charge on any atom is -0.484 e. The van der Waals surface area contributed by atoms with Gasteiger partial charge in [-0.2, -0.15) is 13.2 Å². The third kappa shape index (κ3) is 5.36. The highest BCUT2D eigenvalue weighted by Crippen LogP contribution is 2.28. The molecule has 4 heteroatoms. The maximum atomic E-state index is 12.3. The van der Waals surface area contributed by atoms with Crippen LogP contribution in [-0.4, -0.2) is 12.8 Å². The zero-order chi connectivity index (χ0) is 19.3. The molecule has 0 bridgehead atoms. The summed E-state index contributed by atoms with van der Waals surface area (Å²) >= 11 is 0. The predicted octanol–water partition coefficient (Wildman–Crippen LogP) is 6.96. The van der Waals surface area contributed by atoms with E-state index in [9.17, 15) is 13.2 Å². The number of halogens is 3. The molecule has 0 aromatic heterocycles. The first-order valence-corrected chi connectivity index (χ1v) is 8.88. The molecule has 0 amide bonds. The summed E-state index contributed by atoms with van der Waals surface area (Å²) in [6.45, 7) is 0.741. The van der Waals surface area contributed by atoms with Crippen molar-refractivity contribution in [3.05, 3.63) is 78.4 Å². The summed E-state index contributed by atoms with van der Waals surface area (Å²) < 4.78 is 41.7. The number of alkyl halides is 3. The van der Waals surface area contributed by atoms with Crippen LogP contribution in [0.15, 0.2) is 72.8 Å². The van der Waals surface area contributed by atoms with Crippen LogP contribution in [0, 0.1) is 0 Å². The van der Waals surface area contributed by atoms with E-state index < -0.39 is 12.8 Å². The number of rotatable bonds is 6. The molecule has 0 saturated heterocycles. The third-order valence-electron chi connectivity index (χ3n) is 4.34. The molecular formula is C23H21F3O. The van der Waals surface area contributed by atoms with E-state index >= 15 is 0 Å². The van der Waals surface area contributed by atoms with Gasteiger partial charge in [0.2, 0.25) is 0 Å². The smallest absolute Gasteiger partial charge is 0.422 e. The average molecular weight is 370 g/mol. The Balaban J connectivity index is 1.76. The number of hydrogen-bond donors (Lipinski definition) is 0. The Morgan fingerprint density at radius 2 is 1.52 bits per heavy atom. The highest BCUT2D eigenvalue weighted by Gasteiger charge is 2.28. The van der Waals surface area contributed by atoms with E-state index in [1.54, 1.807) is 18.2 Å². The van der Waals surface area contributed by atoms with Gasteiger partial charge in [0.25, 0.3) is 0 Å². The quantitative estimate of drug-likeness (QED) is 0.426. The maximum Gasteiger partial charge on any atom is 0.422 e. The average Bonchev–Trinajstić information content (AvgIpc) is 2.66. The van der Waals surface area contributed by atoms with E-state index in [1.807, 2.05) is 25.1 Å². The van der Waals surface area contributed by atoms with Gasteiger partial charge in [0.1, 0.15) is 5.75 Å². The number of allylic oxidation sites excluding steroid dienone is 2. The fourth-order valence-electron chi connectivity index (χ4n) is 2.94. The van der Waals surface area contributed by atoms with E-state index in [1.165, 1.54) is 5.56 Å². The van der Waals surface area contributed by atoms with Gasteiger partial charge >= 0.3 is 6.18 Å². The van der Waals surface area contributed by atoms with Crippen LogP contribution < -0.4 is 4.74 Å². The second-order valence-corrected chi connectivity index (χ2v) is 6.43.